The second-order valence-electron chi connectivity index (χ2n) is 7.15. The summed E-state index contributed by atoms with van der Waals surface area (Å²) in [7, 11) is -3.23. The first kappa shape index (κ1) is 21.4. The Morgan fingerprint density at radius 2 is 1.67 bits per heavy atom. The van der Waals surface area contributed by atoms with E-state index >= 15 is 0 Å². The highest BCUT2D eigenvalue weighted by atomic mass is 32.2. The molecule has 1 N–H and O–H groups in total. The molecule has 0 aliphatic carbocycles. The largest absolute Gasteiger partial charge is 0.348 e. The number of benzene rings is 3. The van der Waals surface area contributed by atoms with Crippen LogP contribution in [0, 0.1) is 18.8 Å². The van der Waals surface area contributed by atoms with Crippen LogP contribution in [-0.2, 0) is 22.8 Å². The molecule has 0 aromatic heterocycles. The third-order valence-electron chi connectivity index (χ3n) is 4.54. The number of hydrogen-bond acceptors (Lipinski definition) is 3. The minimum absolute atomic E-state index is 0.204. The van der Waals surface area contributed by atoms with Crippen molar-refractivity contribution in [2.75, 3.05) is 6.26 Å². The van der Waals surface area contributed by atoms with Gasteiger partial charge in [0.1, 0.15) is 0 Å². The van der Waals surface area contributed by atoms with E-state index in [1.165, 1.54) is 17.4 Å². The molecule has 1 amide bonds. The van der Waals surface area contributed by atoms with E-state index in [4.69, 9.17) is 0 Å². The van der Waals surface area contributed by atoms with Gasteiger partial charge in [0.2, 0.25) is 0 Å². The number of sulfone groups is 1. The Bertz CT molecular complexity index is 1220. The van der Waals surface area contributed by atoms with E-state index < -0.39 is 9.84 Å². The third kappa shape index (κ3) is 6.07. The molecule has 0 spiro atoms. The topological polar surface area (TPSA) is 63.2 Å². The van der Waals surface area contributed by atoms with Gasteiger partial charge in [0.05, 0.1) is 4.90 Å². The van der Waals surface area contributed by atoms with E-state index in [1.807, 2.05) is 24.3 Å². The van der Waals surface area contributed by atoms with E-state index in [9.17, 15) is 13.2 Å². The van der Waals surface area contributed by atoms with E-state index in [-0.39, 0.29) is 10.8 Å². The summed E-state index contributed by atoms with van der Waals surface area (Å²) in [5.74, 6) is 6.07. The summed E-state index contributed by atoms with van der Waals surface area (Å²) in [5.41, 5.74) is 4.51. The second-order valence-corrected chi connectivity index (χ2v) is 9.16. The molecule has 0 aliphatic heterocycles. The fourth-order valence-corrected chi connectivity index (χ4v) is 3.58. The highest BCUT2D eigenvalue weighted by Crippen LogP contribution is 2.11. The molecule has 0 fully saturated rings. The van der Waals surface area contributed by atoms with Gasteiger partial charge in [-0.25, -0.2) is 8.42 Å². The van der Waals surface area contributed by atoms with Crippen molar-refractivity contribution in [3.63, 3.8) is 0 Å². The van der Waals surface area contributed by atoms with Gasteiger partial charge in [-0.1, -0.05) is 59.9 Å². The highest BCUT2D eigenvalue weighted by Gasteiger charge is 2.08. The van der Waals surface area contributed by atoms with Crippen molar-refractivity contribution in [3.8, 4) is 11.8 Å². The molecular formula is C25H23NO3S. The number of carbonyl (C=O) groups is 1. The van der Waals surface area contributed by atoms with Gasteiger partial charge >= 0.3 is 0 Å². The Morgan fingerprint density at radius 1 is 0.933 bits per heavy atom. The average Bonchev–Trinajstić information content (AvgIpc) is 2.72. The molecule has 3 rings (SSSR count). The fourth-order valence-electron chi connectivity index (χ4n) is 2.95. The van der Waals surface area contributed by atoms with Crippen LogP contribution in [0.25, 0.3) is 0 Å². The molecule has 3 aromatic carbocycles. The number of amides is 1. The molecule has 152 valence electrons. The van der Waals surface area contributed by atoms with Crippen molar-refractivity contribution < 1.29 is 13.2 Å². The van der Waals surface area contributed by atoms with Crippen molar-refractivity contribution in [2.45, 2.75) is 24.8 Å². The molecular weight excluding hydrogens is 394 g/mol. The summed E-state index contributed by atoms with van der Waals surface area (Å²) in [6, 6.07) is 21.9. The molecule has 0 unspecified atom stereocenters. The highest BCUT2D eigenvalue weighted by molar-refractivity contribution is 7.90. The molecule has 0 radical (unpaired) electrons. The van der Waals surface area contributed by atoms with Crippen molar-refractivity contribution in [2.24, 2.45) is 0 Å². The number of nitrogens with one attached hydrogen (secondary N) is 1. The Hall–Kier alpha value is -3.36. The number of carbonyl (C=O) groups excluding carboxylic acids is 1. The van der Waals surface area contributed by atoms with Gasteiger partial charge in [-0.3, -0.25) is 4.79 Å². The average molecular weight is 418 g/mol. The van der Waals surface area contributed by atoms with Crippen LogP contribution < -0.4 is 5.32 Å². The van der Waals surface area contributed by atoms with Crippen LogP contribution in [0.3, 0.4) is 0 Å². The summed E-state index contributed by atoms with van der Waals surface area (Å²) in [5, 5.41) is 2.85. The van der Waals surface area contributed by atoms with Crippen LogP contribution in [0.15, 0.2) is 77.7 Å². The Balaban J connectivity index is 1.61. The maximum atomic E-state index is 12.5. The molecule has 4 nitrogen and oxygen atoms in total. The molecule has 0 bridgehead atoms. The van der Waals surface area contributed by atoms with Crippen molar-refractivity contribution in [1.82, 2.24) is 5.32 Å². The molecule has 3 aromatic rings. The predicted molar refractivity (Wildman–Crippen MR) is 119 cm³/mol. The summed E-state index contributed by atoms with van der Waals surface area (Å²) in [6.45, 7) is 2.37. The zero-order valence-electron chi connectivity index (χ0n) is 17.0. The first-order chi connectivity index (χ1) is 14.3. The van der Waals surface area contributed by atoms with Crippen molar-refractivity contribution >= 4 is 15.7 Å². The van der Waals surface area contributed by atoms with Crippen LogP contribution >= 0.6 is 0 Å². The van der Waals surface area contributed by atoms with Gasteiger partial charge in [0.15, 0.2) is 9.84 Å². The SMILES string of the molecule is Cc1cccc(CC#Cc2cccc(C(=O)NCc3ccc(S(C)(=O)=O)cc3)c2)c1. The predicted octanol–water partition coefficient (Wildman–Crippen LogP) is 3.92. The summed E-state index contributed by atoms with van der Waals surface area (Å²) < 4.78 is 23.0. The standard InChI is InChI=1S/C25H23NO3S/c1-19-6-3-7-20(16-19)8-4-9-21-10-5-11-23(17-21)25(27)26-18-22-12-14-24(15-13-22)30(2,28)29/h3,5-7,10-17H,8,18H2,1-2H3,(H,26,27). The smallest absolute Gasteiger partial charge is 0.251 e. The normalized spacial score (nSPS) is 10.7. The lowest BCUT2D eigenvalue weighted by atomic mass is 10.1. The van der Waals surface area contributed by atoms with Gasteiger partial charge in [-0.05, 0) is 48.4 Å². The van der Waals surface area contributed by atoms with Gasteiger partial charge in [-0.2, -0.15) is 0 Å². The maximum Gasteiger partial charge on any atom is 0.251 e. The molecule has 30 heavy (non-hydrogen) atoms. The molecule has 0 saturated carbocycles. The lowest BCUT2D eigenvalue weighted by molar-refractivity contribution is 0.0951. The van der Waals surface area contributed by atoms with Gasteiger partial charge in [0.25, 0.3) is 5.91 Å². The van der Waals surface area contributed by atoms with Crippen LogP contribution in [0.1, 0.15) is 32.6 Å². The zero-order valence-corrected chi connectivity index (χ0v) is 17.8. The van der Waals surface area contributed by atoms with Gasteiger partial charge in [0, 0.05) is 30.3 Å². The molecule has 0 aliphatic rings. The number of hydrogen-bond donors (Lipinski definition) is 1. The van der Waals surface area contributed by atoms with E-state index in [0.717, 1.165) is 11.1 Å². The number of aryl methyl sites for hydroxylation is 1. The first-order valence-corrected chi connectivity index (χ1v) is 11.4. The van der Waals surface area contributed by atoms with E-state index in [1.54, 1.807) is 36.4 Å². The molecule has 0 atom stereocenters. The quantitative estimate of drug-likeness (QED) is 0.640. The molecule has 0 saturated heterocycles. The minimum Gasteiger partial charge on any atom is -0.348 e. The van der Waals surface area contributed by atoms with Gasteiger partial charge < -0.3 is 5.32 Å². The van der Waals surface area contributed by atoms with Crippen LogP contribution in [0.4, 0.5) is 0 Å². The number of rotatable bonds is 5. The summed E-state index contributed by atoms with van der Waals surface area (Å²) in [4.78, 5) is 12.7. The Kier molecular flexibility index (Phi) is 6.71. The van der Waals surface area contributed by atoms with Gasteiger partial charge in [-0.15, -0.1) is 0 Å². The van der Waals surface area contributed by atoms with E-state index in [0.29, 0.717) is 18.5 Å². The second kappa shape index (κ2) is 9.43. The third-order valence-corrected chi connectivity index (χ3v) is 5.67. The lowest BCUT2D eigenvalue weighted by Gasteiger charge is -2.07. The fraction of sp³-hybridized carbons (Fsp3) is 0.160. The Labute approximate surface area is 177 Å². The van der Waals surface area contributed by atoms with Crippen LogP contribution in [0.5, 0.6) is 0 Å². The molecule has 0 heterocycles. The van der Waals surface area contributed by atoms with Crippen LogP contribution in [0.2, 0.25) is 0 Å². The minimum atomic E-state index is -3.23. The first-order valence-electron chi connectivity index (χ1n) is 9.53. The van der Waals surface area contributed by atoms with Crippen molar-refractivity contribution in [1.29, 1.82) is 0 Å². The maximum absolute atomic E-state index is 12.5. The zero-order chi connectivity index (χ0) is 21.6. The summed E-state index contributed by atoms with van der Waals surface area (Å²) >= 11 is 0. The molecule has 5 heteroatoms. The summed E-state index contributed by atoms with van der Waals surface area (Å²) in [6.07, 6.45) is 1.82. The van der Waals surface area contributed by atoms with E-state index in [2.05, 4.69) is 36.2 Å². The Morgan fingerprint density at radius 3 is 2.37 bits per heavy atom. The monoisotopic (exact) mass is 417 g/mol. The van der Waals surface area contributed by atoms with Crippen LogP contribution in [-0.4, -0.2) is 20.6 Å². The lowest BCUT2D eigenvalue weighted by Crippen LogP contribution is -2.22. The van der Waals surface area contributed by atoms with Crippen molar-refractivity contribution in [3.05, 3.63) is 101 Å².